The average Bonchev–Trinajstić information content (AvgIpc) is 2.68. The Labute approximate surface area is 156 Å². The van der Waals surface area contributed by atoms with Crippen molar-refractivity contribution in [2.24, 2.45) is 0 Å². The smallest absolute Gasteiger partial charge is 0.319 e. The molecule has 1 aliphatic heterocycles. The first-order valence-corrected chi connectivity index (χ1v) is 9.53. The summed E-state index contributed by atoms with van der Waals surface area (Å²) in [6.45, 7) is 2.68. The van der Waals surface area contributed by atoms with Gasteiger partial charge in [0.2, 0.25) is 0 Å². The van der Waals surface area contributed by atoms with Crippen molar-refractivity contribution in [3.63, 3.8) is 0 Å². The number of rotatable bonds is 6. The summed E-state index contributed by atoms with van der Waals surface area (Å²) in [5.74, 6) is 0.276. The van der Waals surface area contributed by atoms with Gasteiger partial charge in [0, 0.05) is 30.3 Å². The molecule has 1 heterocycles. The third-order valence-corrected chi connectivity index (χ3v) is 5.09. The molecule has 5 nitrogen and oxygen atoms in total. The lowest BCUT2D eigenvalue weighted by Gasteiger charge is -2.23. The number of para-hydroxylation sites is 1. The van der Waals surface area contributed by atoms with Crippen molar-refractivity contribution < 1.29 is 13.9 Å². The summed E-state index contributed by atoms with van der Waals surface area (Å²) in [4.78, 5) is 13.1. The Hall–Kier alpha value is -2.09. The normalized spacial score (nSPS) is 16.9. The van der Waals surface area contributed by atoms with E-state index in [1.807, 2.05) is 30.3 Å². The number of amides is 2. The molecule has 1 saturated heterocycles. The second-order valence-corrected chi connectivity index (χ2v) is 6.93. The van der Waals surface area contributed by atoms with Gasteiger partial charge >= 0.3 is 6.03 Å². The Morgan fingerprint density at radius 3 is 2.85 bits per heavy atom. The van der Waals surface area contributed by atoms with Gasteiger partial charge in [-0.15, -0.1) is 11.8 Å². The molecule has 3 rings (SSSR count). The number of halogens is 1. The first kappa shape index (κ1) is 18.7. The van der Waals surface area contributed by atoms with Crippen LogP contribution in [0.15, 0.2) is 53.4 Å². The van der Waals surface area contributed by atoms with E-state index in [4.69, 9.17) is 4.74 Å². The van der Waals surface area contributed by atoms with E-state index < -0.39 is 0 Å². The molecule has 0 radical (unpaired) electrons. The Balaban J connectivity index is 1.54. The van der Waals surface area contributed by atoms with Crippen LogP contribution in [0.5, 0.6) is 0 Å². The van der Waals surface area contributed by atoms with Crippen molar-refractivity contribution in [2.75, 3.05) is 31.6 Å². The number of carbonyl (C=O) groups is 1. The summed E-state index contributed by atoms with van der Waals surface area (Å²) in [6, 6.07) is 13.9. The van der Waals surface area contributed by atoms with Crippen LogP contribution in [0.3, 0.4) is 0 Å². The van der Waals surface area contributed by atoms with E-state index in [1.165, 1.54) is 17.8 Å². The lowest BCUT2D eigenvalue weighted by Crippen LogP contribution is -2.46. The van der Waals surface area contributed by atoms with E-state index in [-0.39, 0.29) is 18.0 Å². The molecule has 0 bridgehead atoms. The SMILES string of the molecule is O=C(NC[C@H]1CNCCO1)Nc1ccccc1SCc1ccccc1F. The minimum Gasteiger partial charge on any atom is -0.374 e. The van der Waals surface area contributed by atoms with Crippen molar-refractivity contribution in [3.05, 3.63) is 59.9 Å². The first-order chi connectivity index (χ1) is 12.7. The van der Waals surface area contributed by atoms with E-state index in [0.29, 0.717) is 30.2 Å². The number of nitrogens with one attached hydrogen (secondary N) is 3. The predicted octanol–water partition coefficient (Wildman–Crippen LogP) is 3.23. The van der Waals surface area contributed by atoms with Crippen LogP contribution < -0.4 is 16.0 Å². The summed E-state index contributed by atoms with van der Waals surface area (Å²) in [5, 5.41) is 8.91. The Bertz CT molecular complexity index is 738. The highest BCUT2D eigenvalue weighted by atomic mass is 32.2. The van der Waals surface area contributed by atoms with Crippen LogP contribution in [0.4, 0.5) is 14.9 Å². The van der Waals surface area contributed by atoms with Crippen molar-refractivity contribution in [2.45, 2.75) is 16.8 Å². The maximum Gasteiger partial charge on any atom is 0.319 e. The standard InChI is InChI=1S/C19H22FN3O2S/c20-16-6-2-1-5-14(16)13-26-18-8-4-3-7-17(18)23-19(24)22-12-15-11-21-9-10-25-15/h1-8,15,21H,9-13H2,(H2,22,23,24)/t15-/m1/s1. The molecule has 0 spiro atoms. The predicted molar refractivity (Wildman–Crippen MR) is 102 cm³/mol. The molecule has 1 aliphatic rings. The van der Waals surface area contributed by atoms with Gasteiger partial charge in [-0.05, 0) is 23.8 Å². The fourth-order valence-electron chi connectivity index (χ4n) is 2.59. The summed E-state index contributed by atoms with van der Waals surface area (Å²) in [5.41, 5.74) is 1.34. The molecule has 1 atom stereocenters. The number of thioether (sulfide) groups is 1. The molecule has 2 aromatic carbocycles. The van der Waals surface area contributed by atoms with Gasteiger partial charge in [0.25, 0.3) is 0 Å². The number of benzene rings is 2. The summed E-state index contributed by atoms with van der Waals surface area (Å²) >= 11 is 1.49. The van der Waals surface area contributed by atoms with Gasteiger partial charge in [-0.1, -0.05) is 30.3 Å². The van der Waals surface area contributed by atoms with Crippen LogP contribution >= 0.6 is 11.8 Å². The quantitative estimate of drug-likeness (QED) is 0.679. The molecule has 2 amide bonds. The second kappa shape index (κ2) is 9.56. The van der Waals surface area contributed by atoms with Gasteiger partial charge in [-0.3, -0.25) is 0 Å². The molecule has 1 fully saturated rings. The highest BCUT2D eigenvalue weighted by Crippen LogP contribution is 2.30. The largest absolute Gasteiger partial charge is 0.374 e. The number of hydrogen-bond donors (Lipinski definition) is 3. The van der Waals surface area contributed by atoms with Crippen molar-refractivity contribution in [3.8, 4) is 0 Å². The fraction of sp³-hybridized carbons (Fsp3) is 0.316. The van der Waals surface area contributed by atoms with Crippen LogP contribution in [-0.4, -0.2) is 38.4 Å². The molecule has 26 heavy (non-hydrogen) atoms. The summed E-state index contributed by atoms with van der Waals surface area (Å²) in [6.07, 6.45) is -0.0137. The number of anilines is 1. The van der Waals surface area contributed by atoms with Gasteiger partial charge in [0.05, 0.1) is 18.4 Å². The van der Waals surface area contributed by atoms with Gasteiger partial charge in [-0.2, -0.15) is 0 Å². The lowest BCUT2D eigenvalue weighted by molar-refractivity contribution is 0.0310. The molecular weight excluding hydrogens is 353 g/mol. The third kappa shape index (κ3) is 5.45. The fourth-order valence-corrected chi connectivity index (χ4v) is 3.59. The van der Waals surface area contributed by atoms with Crippen molar-refractivity contribution in [1.29, 1.82) is 0 Å². The highest BCUT2D eigenvalue weighted by molar-refractivity contribution is 7.98. The highest BCUT2D eigenvalue weighted by Gasteiger charge is 2.15. The zero-order chi connectivity index (χ0) is 18.2. The lowest BCUT2D eigenvalue weighted by atomic mass is 10.2. The number of morpholine rings is 1. The van der Waals surface area contributed by atoms with Crippen LogP contribution in [0.1, 0.15) is 5.56 Å². The Morgan fingerprint density at radius 1 is 1.23 bits per heavy atom. The van der Waals surface area contributed by atoms with Crippen LogP contribution in [0.25, 0.3) is 0 Å². The molecular formula is C19H22FN3O2S. The number of hydrogen-bond acceptors (Lipinski definition) is 4. The third-order valence-electron chi connectivity index (χ3n) is 3.97. The number of carbonyl (C=O) groups excluding carboxylic acids is 1. The first-order valence-electron chi connectivity index (χ1n) is 8.55. The maximum absolute atomic E-state index is 13.8. The molecule has 7 heteroatoms. The van der Waals surface area contributed by atoms with Crippen LogP contribution in [-0.2, 0) is 10.5 Å². The molecule has 0 saturated carbocycles. The van der Waals surface area contributed by atoms with Gasteiger partial charge < -0.3 is 20.7 Å². The summed E-state index contributed by atoms with van der Waals surface area (Å²) in [7, 11) is 0. The van der Waals surface area contributed by atoms with Gasteiger partial charge in [0.15, 0.2) is 0 Å². The number of urea groups is 1. The van der Waals surface area contributed by atoms with Gasteiger partial charge in [0.1, 0.15) is 5.82 Å². The zero-order valence-electron chi connectivity index (χ0n) is 14.3. The molecule has 3 N–H and O–H groups in total. The zero-order valence-corrected chi connectivity index (χ0v) is 15.2. The van der Waals surface area contributed by atoms with Crippen LogP contribution in [0, 0.1) is 5.82 Å². The van der Waals surface area contributed by atoms with E-state index in [0.717, 1.165) is 18.0 Å². The topological polar surface area (TPSA) is 62.4 Å². The van der Waals surface area contributed by atoms with Crippen molar-refractivity contribution in [1.82, 2.24) is 10.6 Å². The van der Waals surface area contributed by atoms with E-state index in [1.54, 1.807) is 12.1 Å². The second-order valence-electron chi connectivity index (χ2n) is 5.91. The minimum atomic E-state index is -0.280. The molecule has 2 aromatic rings. The average molecular weight is 375 g/mol. The molecule has 0 aliphatic carbocycles. The molecule has 0 aromatic heterocycles. The van der Waals surface area contributed by atoms with Crippen molar-refractivity contribution >= 4 is 23.5 Å². The van der Waals surface area contributed by atoms with E-state index in [2.05, 4.69) is 16.0 Å². The Morgan fingerprint density at radius 2 is 2.04 bits per heavy atom. The monoisotopic (exact) mass is 375 g/mol. The molecule has 138 valence electrons. The number of ether oxygens (including phenoxy) is 1. The maximum atomic E-state index is 13.8. The Kier molecular flexibility index (Phi) is 6.88. The molecule has 0 unspecified atom stereocenters. The minimum absolute atomic E-state index is 0.0137. The van der Waals surface area contributed by atoms with E-state index >= 15 is 0 Å². The van der Waals surface area contributed by atoms with E-state index in [9.17, 15) is 9.18 Å². The van der Waals surface area contributed by atoms with Gasteiger partial charge in [-0.25, -0.2) is 9.18 Å². The summed E-state index contributed by atoms with van der Waals surface area (Å²) < 4.78 is 19.3. The van der Waals surface area contributed by atoms with Crippen LogP contribution in [0.2, 0.25) is 0 Å².